The summed E-state index contributed by atoms with van der Waals surface area (Å²) in [7, 11) is 0. The molecule has 1 aromatic carbocycles. The highest BCUT2D eigenvalue weighted by atomic mass is 35.5. The van der Waals surface area contributed by atoms with Crippen molar-refractivity contribution in [3.8, 4) is 0 Å². The first-order valence-electron chi connectivity index (χ1n) is 4.07. The summed E-state index contributed by atoms with van der Waals surface area (Å²) in [5.74, 6) is 0. The van der Waals surface area contributed by atoms with Crippen molar-refractivity contribution in [1.82, 2.24) is 0 Å². The van der Waals surface area contributed by atoms with Gasteiger partial charge in [0.1, 0.15) is 5.56 Å². The zero-order chi connectivity index (χ0) is 14.3. The molecule has 100 valence electrons. The Bertz CT molecular complexity index is 496. The van der Waals surface area contributed by atoms with E-state index >= 15 is 0 Å². The molecule has 0 aliphatic rings. The predicted molar refractivity (Wildman–Crippen MR) is 48.1 cm³/mol. The normalized spacial score (nSPS) is 12.6. The summed E-state index contributed by atoms with van der Waals surface area (Å²) in [6.07, 6.45) is -10.9. The van der Waals surface area contributed by atoms with Crippen molar-refractivity contribution in [3.05, 3.63) is 38.4 Å². The molecule has 0 amide bonds. The SMILES string of the molecule is O=[N+]([O-])c1cc(Cl)cc(C(F)(F)F)c1C(F)(F)F. The van der Waals surface area contributed by atoms with E-state index in [-0.39, 0.29) is 12.1 Å². The molecule has 0 atom stereocenters. The first-order chi connectivity index (χ1) is 7.94. The molecule has 0 radical (unpaired) electrons. The van der Waals surface area contributed by atoms with Gasteiger partial charge in [-0.3, -0.25) is 10.1 Å². The average Bonchev–Trinajstić information content (AvgIpc) is 2.12. The van der Waals surface area contributed by atoms with Gasteiger partial charge in [0, 0.05) is 11.1 Å². The number of benzene rings is 1. The smallest absolute Gasteiger partial charge is 0.258 e. The van der Waals surface area contributed by atoms with Crippen LogP contribution in [0.3, 0.4) is 0 Å². The molecule has 0 aromatic heterocycles. The van der Waals surface area contributed by atoms with E-state index in [4.69, 9.17) is 11.6 Å². The van der Waals surface area contributed by atoms with Gasteiger partial charge in [-0.15, -0.1) is 0 Å². The zero-order valence-corrected chi connectivity index (χ0v) is 8.82. The minimum atomic E-state index is -5.52. The summed E-state index contributed by atoms with van der Waals surface area (Å²) in [5, 5.41) is 9.58. The van der Waals surface area contributed by atoms with E-state index in [2.05, 4.69) is 0 Å². The maximum atomic E-state index is 12.5. The van der Waals surface area contributed by atoms with Gasteiger partial charge in [0.25, 0.3) is 5.69 Å². The molecule has 3 nitrogen and oxygen atoms in total. The third-order valence-electron chi connectivity index (χ3n) is 1.87. The largest absolute Gasteiger partial charge is 0.423 e. The Labute approximate surface area is 100 Å². The summed E-state index contributed by atoms with van der Waals surface area (Å²) < 4.78 is 74.7. The molecule has 0 fully saturated rings. The van der Waals surface area contributed by atoms with Crippen LogP contribution in [0.4, 0.5) is 32.0 Å². The van der Waals surface area contributed by atoms with Gasteiger partial charge in [-0.1, -0.05) is 11.6 Å². The summed E-state index contributed by atoms with van der Waals surface area (Å²) in [5.41, 5.74) is -6.28. The molecular weight excluding hydrogens is 292 g/mol. The fraction of sp³-hybridized carbons (Fsp3) is 0.250. The minimum Gasteiger partial charge on any atom is -0.258 e. The van der Waals surface area contributed by atoms with Crippen LogP contribution >= 0.6 is 11.6 Å². The lowest BCUT2D eigenvalue weighted by atomic mass is 10.0. The number of nitro benzene ring substituents is 1. The van der Waals surface area contributed by atoms with Crippen molar-refractivity contribution < 1.29 is 31.3 Å². The lowest BCUT2D eigenvalue weighted by molar-refractivity contribution is -0.388. The van der Waals surface area contributed by atoms with E-state index in [1.54, 1.807) is 0 Å². The van der Waals surface area contributed by atoms with Gasteiger partial charge >= 0.3 is 12.4 Å². The molecule has 0 heterocycles. The standard InChI is InChI=1S/C8H2ClF6NO2/c9-3-1-4(7(10,11)12)6(8(13,14)15)5(2-3)16(17)18/h1-2H. The molecule has 10 heteroatoms. The monoisotopic (exact) mass is 293 g/mol. The molecule has 0 spiro atoms. The molecule has 0 aliphatic carbocycles. The van der Waals surface area contributed by atoms with Crippen LogP contribution < -0.4 is 0 Å². The van der Waals surface area contributed by atoms with E-state index in [0.29, 0.717) is 0 Å². The van der Waals surface area contributed by atoms with Gasteiger partial charge in [0.15, 0.2) is 0 Å². The first kappa shape index (κ1) is 14.6. The van der Waals surface area contributed by atoms with Crippen molar-refractivity contribution in [2.24, 2.45) is 0 Å². The van der Waals surface area contributed by atoms with Crippen molar-refractivity contribution in [2.45, 2.75) is 12.4 Å². The zero-order valence-electron chi connectivity index (χ0n) is 8.06. The van der Waals surface area contributed by atoms with Crippen molar-refractivity contribution >= 4 is 17.3 Å². The summed E-state index contributed by atoms with van der Waals surface area (Å²) in [6.45, 7) is 0. The van der Waals surface area contributed by atoms with Crippen LogP contribution in [0, 0.1) is 10.1 Å². The van der Waals surface area contributed by atoms with Crippen LogP contribution in [0.15, 0.2) is 12.1 Å². The molecular formula is C8H2ClF6NO2. The Morgan fingerprint density at radius 2 is 1.56 bits per heavy atom. The van der Waals surface area contributed by atoms with Crippen molar-refractivity contribution in [3.63, 3.8) is 0 Å². The Kier molecular flexibility index (Phi) is 3.48. The van der Waals surface area contributed by atoms with Crippen molar-refractivity contribution in [1.29, 1.82) is 0 Å². The predicted octanol–water partition coefficient (Wildman–Crippen LogP) is 4.29. The Morgan fingerprint density at radius 1 is 1.06 bits per heavy atom. The summed E-state index contributed by atoms with van der Waals surface area (Å²) in [6, 6.07) is 0.219. The van der Waals surface area contributed by atoms with Gasteiger partial charge in [-0.25, -0.2) is 0 Å². The quantitative estimate of drug-likeness (QED) is 0.440. The van der Waals surface area contributed by atoms with Gasteiger partial charge in [-0.2, -0.15) is 26.3 Å². The number of rotatable bonds is 1. The van der Waals surface area contributed by atoms with E-state index in [0.717, 1.165) is 0 Å². The number of nitrogens with zero attached hydrogens (tertiary/aromatic N) is 1. The van der Waals surface area contributed by atoms with Gasteiger partial charge in [0.05, 0.1) is 10.5 Å². The number of hydrogen-bond acceptors (Lipinski definition) is 2. The second kappa shape index (κ2) is 4.30. The van der Waals surface area contributed by atoms with Crippen LogP contribution in [0.5, 0.6) is 0 Å². The number of nitro groups is 1. The van der Waals surface area contributed by atoms with Crippen LogP contribution in [-0.2, 0) is 12.4 Å². The lowest BCUT2D eigenvalue weighted by Gasteiger charge is -2.15. The molecule has 0 aliphatic heterocycles. The van der Waals surface area contributed by atoms with Crippen LogP contribution in [0.25, 0.3) is 0 Å². The van der Waals surface area contributed by atoms with Crippen LogP contribution in [0.1, 0.15) is 11.1 Å². The molecule has 0 saturated carbocycles. The van der Waals surface area contributed by atoms with Crippen LogP contribution in [0.2, 0.25) is 5.02 Å². The third-order valence-corrected chi connectivity index (χ3v) is 2.09. The second-order valence-corrected chi connectivity index (χ2v) is 3.54. The molecule has 1 rings (SSSR count). The fourth-order valence-electron chi connectivity index (χ4n) is 1.26. The first-order valence-corrected chi connectivity index (χ1v) is 4.44. The second-order valence-electron chi connectivity index (χ2n) is 3.10. The molecule has 0 unspecified atom stereocenters. The third kappa shape index (κ3) is 2.84. The van der Waals surface area contributed by atoms with Crippen molar-refractivity contribution in [2.75, 3.05) is 0 Å². The van der Waals surface area contributed by atoms with E-state index in [1.165, 1.54) is 0 Å². The van der Waals surface area contributed by atoms with Crippen LogP contribution in [-0.4, -0.2) is 4.92 Å². The number of halogens is 7. The minimum absolute atomic E-state index is 0.00260. The molecule has 0 saturated heterocycles. The summed E-state index contributed by atoms with van der Waals surface area (Å²) in [4.78, 5) is 8.81. The number of alkyl halides is 6. The summed E-state index contributed by atoms with van der Waals surface area (Å²) >= 11 is 5.15. The topological polar surface area (TPSA) is 43.1 Å². The fourth-order valence-corrected chi connectivity index (χ4v) is 1.47. The molecule has 18 heavy (non-hydrogen) atoms. The Hall–Kier alpha value is -1.51. The van der Waals surface area contributed by atoms with Gasteiger partial charge in [0.2, 0.25) is 0 Å². The van der Waals surface area contributed by atoms with Gasteiger partial charge < -0.3 is 0 Å². The lowest BCUT2D eigenvalue weighted by Crippen LogP contribution is -2.18. The Morgan fingerprint density at radius 3 is 1.89 bits per heavy atom. The highest BCUT2D eigenvalue weighted by molar-refractivity contribution is 6.30. The molecule has 1 aromatic rings. The maximum absolute atomic E-state index is 12.5. The highest BCUT2D eigenvalue weighted by Crippen LogP contribution is 2.45. The molecule has 0 N–H and O–H groups in total. The Balaban J connectivity index is 3.76. The van der Waals surface area contributed by atoms with E-state index in [9.17, 15) is 36.5 Å². The van der Waals surface area contributed by atoms with Gasteiger partial charge in [-0.05, 0) is 6.07 Å². The van der Waals surface area contributed by atoms with E-state index < -0.39 is 39.1 Å². The highest BCUT2D eigenvalue weighted by Gasteiger charge is 2.48. The number of hydrogen-bond donors (Lipinski definition) is 0. The maximum Gasteiger partial charge on any atom is 0.423 e. The van der Waals surface area contributed by atoms with E-state index in [1.807, 2.05) is 0 Å². The molecule has 0 bridgehead atoms. The average molecular weight is 294 g/mol.